The van der Waals surface area contributed by atoms with Crippen LogP contribution < -0.4 is 0 Å². The number of aliphatic carboxylic acids is 1. The molecule has 0 saturated heterocycles. The molecule has 0 aromatic carbocycles. The molecule has 0 rings (SSSR count). The van der Waals surface area contributed by atoms with Crippen molar-refractivity contribution in [3.05, 3.63) is 12.2 Å². The van der Waals surface area contributed by atoms with E-state index >= 15 is 0 Å². The van der Waals surface area contributed by atoms with Gasteiger partial charge in [-0.05, 0) is 6.92 Å². The Bertz CT molecular complexity index is 78.0. The molecule has 0 aromatic heterocycles. The molecule has 8 heavy (non-hydrogen) atoms. The van der Waals surface area contributed by atoms with Gasteiger partial charge in [0, 0.05) is 5.57 Å². The van der Waals surface area contributed by atoms with Crippen LogP contribution in [0.25, 0.3) is 0 Å². The first kappa shape index (κ1) is 16.8. The molecule has 38 valence electrons. The van der Waals surface area contributed by atoms with Crippen LogP contribution in [0.15, 0.2) is 12.2 Å². The SMILES string of the molecule is C=C(C)C(=O)O.[KH].[KH]. The molecule has 2 nitrogen and oxygen atoms in total. The number of carboxylic acid groups (broad SMARTS) is 1. The van der Waals surface area contributed by atoms with Crippen molar-refractivity contribution in [2.75, 3.05) is 0 Å². The maximum absolute atomic E-state index is 9.60. The zero-order chi connectivity index (χ0) is 5.15. The van der Waals surface area contributed by atoms with E-state index in [1.165, 1.54) is 6.92 Å². The van der Waals surface area contributed by atoms with Gasteiger partial charge < -0.3 is 5.11 Å². The molecule has 0 aliphatic rings. The fraction of sp³-hybridized carbons (Fsp3) is 0.250. The van der Waals surface area contributed by atoms with Gasteiger partial charge in [0.15, 0.2) is 0 Å². The van der Waals surface area contributed by atoms with Crippen molar-refractivity contribution in [3.63, 3.8) is 0 Å². The first-order valence-corrected chi connectivity index (χ1v) is 1.53. The van der Waals surface area contributed by atoms with Crippen molar-refractivity contribution >= 4 is 109 Å². The second-order valence-electron chi connectivity index (χ2n) is 1.09. The molecular weight excluding hydrogens is 158 g/mol. The second kappa shape index (κ2) is 9.48. The van der Waals surface area contributed by atoms with Crippen LogP contribution in [0, 0.1) is 0 Å². The van der Waals surface area contributed by atoms with Gasteiger partial charge in [-0.25, -0.2) is 4.79 Å². The fourth-order valence-electron chi connectivity index (χ4n) is 0. The average molecular weight is 166 g/mol. The molecule has 0 aliphatic carbocycles. The number of hydrogen-bond acceptors (Lipinski definition) is 1. The molecule has 0 spiro atoms. The average Bonchev–Trinajstić information content (AvgIpc) is 1.36. The predicted octanol–water partition coefficient (Wildman–Crippen LogP) is -0.650. The monoisotopic (exact) mass is 166 g/mol. The predicted molar refractivity (Wildman–Crippen MR) is 36.7 cm³/mol. The van der Waals surface area contributed by atoms with Gasteiger partial charge >= 0.3 is 109 Å². The van der Waals surface area contributed by atoms with E-state index in [1.54, 1.807) is 0 Å². The van der Waals surface area contributed by atoms with E-state index in [-0.39, 0.29) is 108 Å². The van der Waals surface area contributed by atoms with Crippen LogP contribution in [0.1, 0.15) is 6.92 Å². The summed E-state index contributed by atoms with van der Waals surface area (Å²) in [6.07, 6.45) is 0. The van der Waals surface area contributed by atoms with Crippen LogP contribution in [0.3, 0.4) is 0 Å². The van der Waals surface area contributed by atoms with E-state index in [4.69, 9.17) is 5.11 Å². The minimum atomic E-state index is -0.935. The Morgan fingerprint density at radius 1 is 1.50 bits per heavy atom. The van der Waals surface area contributed by atoms with Gasteiger partial charge in [0.25, 0.3) is 0 Å². The van der Waals surface area contributed by atoms with Crippen molar-refractivity contribution in [2.45, 2.75) is 6.92 Å². The van der Waals surface area contributed by atoms with Gasteiger partial charge in [-0.1, -0.05) is 6.58 Å². The molecule has 0 fully saturated rings. The van der Waals surface area contributed by atoms with Crippen LogP contribution in [0.5, 0.6) is 0 Å². The van der Waals surface area contributed by atoms with E-state index in [0.717, 1.165) is 0 Å². The summed E-state index contributed by atoms with van der Waals surface area (Å²) < 4.78 is 0. The number of carbonyl (C=O) groups is 1. The van der Waals surface area contributed by atoms with Crippen molar-refractivity contribution in [2.24, 2.45) is 0 Å². The van der Waals surface area contributed by atoms with E-state index in [2.05, 4.69) is 6.58 Å². The van der Waals surface area contributed by atoms with Gasteiger partial charge in [0.1, 0.15) is 0 Å². The van der Waals surface area contributed by atoms with Crippen LogP contribution in [0.2, 0.25) is 0 Å². The Balaban J connectivity index is -0.000000125. The Hall–Kier alpha value is 2.48. The Labute approximate surface area is 134 Å². The van der Waals surface area contributed by atoms with E-state index in [9.17, 15) is 4.79 Å². The molecule has 0 atom stereocenters. The molecule has 1 N–H and O–H groups in total. The van der Waals surface area contributed by atoms with Crippen molar-refractivity contribution in [1.29, 1.82) is 0 Å². The van der Waals surface area contributed by atoms with Crippen LogP contribution in [0.4, 0.5) is 0 Å². The molecule has 0 aliphatic heterocycles. The van der Waals surface area contributed by atoms with E-state index < -0.39 is 5.97 Å². The van der Waals surface area contributed by atoms with Crippen LogP contribution >= 0.6 is 0 Å². The first-order chi connectivity index (χ1) is 2.64. The minimum absolute atomic E-state index is 0. The molecule has 0 saturated carbocycles. The standard InChI is InChI=1S/C4H6O2.2K.2H/c1-3(2)4(5)6;;;;/h1H2,2H3,(H,5,6);;;;. The third kappa shape index (κ3) is 11.3. The molecule has 0 amide bonds. The molecule has 0 radical (unpaired) electrons. The molecule has 0 heterocycles. The molecular formula is C4H8K2O2. The quantitative estimate of drug-likeness (QED) is 0.415. The third-order valence-corrected chi connectivity index (χ3v) is 0.365. The van der Waals surface area contributed by atoms with Crippen molar-refractivity contribution < 1.29 is 9.90 Å². The molecule has 0 aromatic rings. The summed E-state index contributed by atoms with van der Waals surface area (Å²) in [5.74, 6) is -0.935. The normalized spacial score (nSPS) is 5.62. The van der Waals surface area contributed by atoms with Gasteiger partial charge in [0.2, 0.25) is 0 Å². The van der Waals surface area contributed by atoms with Gasteiger partial charge in [-0.15, -0.1) is 0 Å². The zero-order valence-corrected chi connectivity index (χ0v) is 3.56. The zero-order valence-electron chi connectivity index (χ0n) is 3.56. The maximum atomic E-state index is 9.60. The number of carboxylic acids is 1. The summed E-state index contributed by atoms with van der Waals surface area (Å²) in [6.45, 7) is 4.60. The van der Waals surface area contributed by atoms with E-state index in [0.29, 0.717) is 0 Å². The van der Waals surface area contributed by atoms with Gasteiger partial charge in [-0.2, -0.15) is 0 Å². The Morgan fingerprint density at radius 2 is 1.62 bits per heavy atom. The molecule has 0 unspecified atom stereocenters. The first-order valence-electron chi connectivity index (χ1n) is 1.53. The summed E-state index contributed by atoms with van der Waals surface area (Å²) in [5, 5.41) is 7.89. The van der Waals surface area contributed by atoms with Crippen molar-refractivity contribution in [3.8, 4) is 0 Å². The fourth-order valence-corrected chi connectivity index (χ4v) is 0. The number of hydrogen-bond donors (Lipinski definition) is 1. The van der Waals surface area contributed by atoms with Crippen LogP contribution in [-0.4, -0.2) is 114 Å². The summed E-state index contributed by atoms with van der Waals surface area (Å²) in [7, 11) is 0. The van der Waals surface area contributed by atoms with Crippen molar-refractivity contribution in [1.82, 2.24) is 0 Å². The summed E-state index contributed by atoms with van der Waals surface area (Å²) in [6, 6.07) is 0. The summed E-state index contributed by atoms with van der Waals surface area (Å²) in [4.78, 5) is 9.60. The Kier molecular flexibility index (Phi) is 20.0. The molecule has 4 heteroatoms. The van der Waals surface area contributed by atoms with Crippen LogP contribution in [-0.2, 0) is 4.79 Å². The Morgan fingerprint density at radius 3 is 1.62 bits per heavy atom. The van der Waals surface area contributed by atoms with Gasteiger partial charge in [-0.3, -0.25) is 0 Å². The summed E-state index contributed by atoms with van der Waals surface area (Å²) in [5.41, 5.74) is 0.176. The van der Waals surface area contributed by atoms with E-state index in [1.807, 2.05) is 0 Å². The molecule has 0 bridgehead atoms. The van der Waals surface area contributed by atoms with Gasteiger partial charge in [0.05, 0.1) is 0 Å². The number of rotatable bonds is 1. The topological polar surface area (TPSA) is 37.3 Å². The second-order valence-corrected chi connectivity index (χ2v) is 1.09. The third-order valence-electron chi connectivity index (χ3n) is 0.365. The summed E-state index contributed by atoms with van der Waals surface area (Å²) >= 11 is 0.